The number of aromatic nitrogens is 3. The van der Waals surface area contributed by atoms with Gasteiger partial charge < -0.3 is 11.5 Å². The highest BCUT2D eigenvalue weighted by Crippen LogP contribution is 2.19. The molecule has 17 heavy (non-hydrogen) atoms. The Morgan fingerprint density at radius 1 is 0.941 bits per heavy atom. The van der Waals surface area contributed by atoms with Gasteiger partial charge in [0.25, 0.3) is 0 Å². The smallest absolute Gasteiger partial charge is 0.241 e. The largest absolute Gasteiger partial charge is 0.368 e. The van der Waals surface area contributed by atoms with Gasteiger partial charge in [0.05, 0.1) is 5.69 Å². The van der Waals surface area contributed by atoms with Crippen molar-refractivity contribution >= 4 is 22.7 Å². The van der Waals surface area contributed by atoms with E-state index in [0.29, 0.717) is 0 Å². The van der Waals surface area contributed by atoms with Crippen LogP contribution in [0.3, 0.4) is 0 Å². The van der Waals surface area contributed by atoms with Crippen LogP contribution in [-0.4, -0.2) is 14.8 Å². The van der Waals surface area contributed by atoms with Gasteiger partial charge in [-0.2, -0.15) is 9.67 Å². The second kappa shape index (κ2) is 3.48. The van der Waals surface area contributed by atoms with E-state index in [2.05, 4.69) is 16.1 Å². The molecule has 3 rings (SSSR count). The van der Waals surface area contributed by atoms with Crippen molar-refractivity contribution in [1.29, 1.82) is 0 Å². The van der Waals surface area contributed by atoms with E-state index in [1.165, 1.54) is 10.1 Å². The fraction of sp³-hybridized carbons (Fsp3) is 0. The highest BCUT2D eigenvalue weighted by atomic mass is 15.4. The predicted octanol–water partition coefficient (Wildman–Crippen LogP) is 1.58. The van der Waals surface area contributed by atoms with Crippen LogP contribution in [0.4, 0.5) is 11.9 Å². The Labute approximate surface area is 97.7 Å². The minimum Gasteiger partial charge on any atom is -0.368 e. The van der Waals surface area contributed by atoms with Crippen molar-refractivity contribution in [3.63, 3.8) is 0 Å². The highest BCUT2D eigenvalue weighted by molar-refractivity contribution is 5.84. The zero-order chi connectivity index (χ0) is 11.8. The molecular weight excluding hydrogens is 214 g/mol. The normalized spacial score (nSPS) is 10.8. The molecule has 0 saturated carbocycles. The summed E-state index contributed by atoms with van der Waals surface area (Å²) in [6, 6.07) is 14.0. The Bertz CT molecular complexity index is 686. The second-order valence-electron chi connectivity index (χ2n) is 3.77. The van der Waals surface area contributed by atoms with Crippen molar-refractivity contribution in [2.45, 2.75) is 0 Å². The lowest BCUT2D eigenvalue weighted by Crippen LogP contribution is -2.02. The molecule has 0 spiro atoms. The van der Waals surface area contributed by atoms with Crippen molar-refractivity contribution < 1.29 is 0 Å². The van der Waals surface area contributed by atoms with Gasteiger partial charge in [-0.05, 0) is 22.9 Å². The number of benzene rings is 2. The summed E-state index contributed by atoms with van der Waals surface area (Å²) in [5.74, 6) is 0.466. The first-order valence-electron chi connectivity index (χ1n) is 5.21. The molecule has 0 aliphatic carbocycles. The van der Waals surface area contributed by atoms with E-state index in [-0.39, 0.29) is 11.9 Å². The quantitative estimate of drug-likeness (QED) is 0.658. The molecule has 0 saturated heterocycles. The number of hydrogen-bond acceptors (Lipinski definition) is 4. The molecule has 84 valence electrons. The van der Waals surface area contributed by atoms with Crippen molar-refractivity contribution in [1.82, 2.24) is 14.8 Å². The number of fused-ring (bicyclic) bond motifs is 1. The van der Waals surface area contributed by atoms with Crippen LogP contribution >= 0.6 is 0 Å². The van der Waals surface area contributed by atoms with Crippen LogP contribution in [0.1, 0.15) is 0 Å². The lowest BCUT2D eigenvalue weighted by atomic mass is 10.1. The molecule has 0 aliphatic heterocycles. The third-order valence-corrected chi connectivity index (χ3v) is 2.63. The van der Waals surface area contributed by atoms with Gasteiger partial charge in [0.15, 0.2) is 0 Å². The predicted molar refractivity (Wildman–Crippen MR) is 67.7 cm³/mol. The molecule has 0 atom stereocenters. The average molecular weight is 225 g/mol. The molecule has 0 amide bonds. The highest BCUT2D eigenvalue weighted by Gasteiger charge is 2.06. The van der Waals surface area contributed by atoms with Gasteiger partial charge in [-0.1, -0.05) is 30.3 Å². The van der Waals surface area contributed by atoms with E-state index in [1.807, 2.05) is 36.4 Å². The third kappa shape index (κ3) is 1.57. The SMILES string of the molecule is Nc1nc(N)n(-c2ccc3ccccc3c2)n1. The number of anilines is 2. The molecule has 0 aliphatic rings. The first-order chi connectivity index (χ1) is 8.24. The molecular formula is C12H11N5. The Kier molecular flexibility index (Phi) is 1.98. The molecule has 5 heteroatoms. The average Bonchev–Trinajstić information content (AvgIpc) is 2.68. The summed E-state index contributed by atoms with van der Waals surface area (Å²) in [7, 11) is 0. The fourth-order valence-electron chi connectivity index (χ4n) is 1.84. The molecule has 5 nitrogen and oxygen atoms in total. The van der Waals surface area contributed by atoms with Crippen LogP contribution in [0.2, 0.25) is 0 Å². The van der Waals surface area contributed by atoms with Crippen LogP contribution in [0, 0.1) is 0 Å². The third-order valence-electron chi connectivity index (χ3n) is 2.63. The van der Waals surface area contributed by atoms with Gasteiger partial charge >= 0.3 is 0 Å². The van der Waals surface area contributed by atoms with Crippen molar-refractivity contribution in [3.05, 3.63) is 42.5 Å². The van der Waals surface area contributed by atoms with Crippen LogP contribution < -0.4 is 11.5 Å². The zero-order valence-electron chi connectivity index (χ0n) is 9.04. The first-order valence-corrected chi connectivity index (χ1v) is 5.21. The van der Waals surface area contributed by atoms with E-state index >= 15 is 0 Å². The summed E-state index contributed by atoms with van der Waals surface area (Å²) >= 11 is 0. The summed E-state index contributed by atoms with van der Waals surface area (Å²) in [5.41, 5.74) is 12.1. The van der Waals surface area contributed by atoms with E-state index in [1.54, 1.807) is 0 Å². The molecule has 1 aromatic heterocycles. The lowest BCUT2D eigenvalue weighted by Gasteiger charge is -2.04. The number of nitrogen functional groups attached to an aromatic ring is 2. The molecule has 0 fully saturated rings. The number of hydrogen-bond donors (Lipinski definition) is 2. The van der Waals surface area contributed by atoms with Gasteiger partial charge in [-0.3, -0.25) is 0 Å². The Morgan fingerprint density at radius 2 is 1.71 bits per heavy atom. The Balaban J connectivity index is 2.21. The summed E-state index contributed by atoms with van der Waals surface area (Å²) in [5, 5.41) is 6.34. The van der Waals surface area contributed by atoms with Gasteiger partial charge in [-0.25, -0.2) is 0 Å². The van der Waals surface area contributed by atoms with Crippen LogP contribution in [0.5, 0.6) is 0 Å². The monoisotopic (exact) mass is 225 g/mol. The van der Waals surface area contributed by atoms with E-state index in [4.69, 9.17) is 11.5 Å². The van der Waals surface area contributed by atoms with Crippen LogP contribution in [0.15, 0.2) is 42.5 Å². The summed E-state index contributed by atoms with van der Waals surface area (Å²) in [4.78, 5) is 3.87. The van der Waals surface area contributed by atoms with E-state index in [0.717, 1.165) is 11.1 Å². The maximum Gasteiger partial charge on any atom is 0.241 e. The maximum absolute atomic E-state index is 5.73. The number of rotatable bonds is 1. The van der Waals surface area contributed by atoms with E-state index in [9.17, 15) is 0 Å². The molecule has 0 radical (unpaired) electrons. The van der Waals surface area contributed by atoms with E-state index < -0.39 is 0 Å². The minimum atomic E-state index is 0.177. The topological polar surface area (TPSA) is 82.7 Å². The van der Waals surface area contributed by atoms with Crippen LogP contribution in [0.25, 0.3) is 16.5 Å². The van der Waals surface area contributed by atoms with Gasteiger partial charge in [0.1, 0.15) is 0 Å². The second-order valence-corrected chi connectivity index (χ2v) is 3.77. The maximum atomic E-state index is 5.73. The van der Waals surface area contributed by atoms with Crippen molar-refractivity contribution in [2.75, 3.05) is 11.5 Å². The summed E-state index contributed by atoms with van der Waals surface area (Å²) < 4.78 is 1.53. The molecule has 1 heterocycles. The standard InChI is InChI=1S/C12H11N5/c13-11-15-12(14)17(16-11)10-6-5-8-3-1-2-4-9(8)7-10/h1-7H,(H4,13,14,15,16). The van der Waals surface area contributed by atoms with Crippen molar-refractivity contribution in [2.24, 2.45) is 0 Å². The number of nitrogens with zero attached hydrogens (tertiary/aromatic N) is 3. The van der Waals surface area contributed by atoms with Gasteiger partial charge in [0.2, 0.25) is 11.9 Å². The first kappa shape index (κ1) is 9.65. The van der Waals surface area contributed by atoms with Gasteiger partial charge in [-0.15, -0.1) is 5.10 Å². The lowest BCUT2D eigenvalue weighted by molar-refractivity contribution is 0.897. The molecule has 0 bridgehead atoms. The molecule has 0 unspecified atom stereocenters. The molecule has 2 aromatic carbocycles. The molecule has 4 N–H and O–H groups in total. The van der Waals surface area contributed by atoms with Crippen LogP contribution in [-0.2, 0) is 0 Å². The Morgan fingerprint density at radius 3 is 2.41 bits per heavy atom. The zero-order valence-corrected chi connectivity index (χ0v) is 9.04. The minimum absolute atomic E-state index is 0.177. The summed E-state index contributed by atoms with van der Waals surface area (Å²) in [6.07, 6.45) is 0. The van der Waals surface area contributed by atoms with Gasteiger partial charge in [0, 0.05) is 0 Å². The summed E-state index contributed by atoms with van der Waals surface area (Å²) in [6.45, 7) is 0. The van der Waals surface area contributed by atoms with Crippen molar-refractivity contribution in [3.8, 4) is 5.69 Å². The fourth-order valence-corrected chi connectivity index (χ4v) is 1.84. The Hall–Kier alpha value is -2.56. The number of nitrogens with two attached hydrogens (primary N) is 2. The molecule has 3 aromatic rings.